The fourth-order valence-electron chi connectivity index (χ4n) is 3.29. The number of benzene rings is 1. The molecule has 5 heteroatoms. The third-order valence-electron chi connectivity index (χ3n) is 4.45. The van der Waals surface area contributed by atoms with Gasteiger partial charge in [-0.25, -0.2) is 4.98 Å². The van der Waals surface area contributed by atoms with Crippen LogP contribution in [-0.4, -0.2) is 31.7 Å². The smallest absolute Gasteiger partial charge is 0.254 e. The van der Waals surface area contributed by atoms with Crippen molar-refractivity contribution in [2.45, 2.75) is 39.7 Å². The van der Waals surface area contributed by atoms with Gasteiger partial charge in [0.25, 0.3) is 5.78 Å². The molecule has 0 N–H and O–H groups in total. The molecule has 0 amide bonds. The van der Waals surface area contributed by atoms with Crippen molar-refractivity contribution in [3.63, 3.8) is 0 Å². The first-order valence-electron chi connectivity index (χ1n) is 8.04. The molecule has 23 heavy (non-hydrogen) atoms. The number of nitrogens with zero attached hydrogens (tertiary/aromatic N) is 5. The van der Waals surface area contributed by atoms with E-state index in [1.165, 1.54) is 5.56 Å². The molecular weight excluding hydrogens is 286 g/mol. The molecular formula is C18H21N5. The van der Waals surface area contributed by atoms with Gasteiger partial charge in [0.15, 0.2) is 5.82 Å². The summed E-state index contributed by atoms with van der Waals surface area (Å²) in [6.07, 6.45) is 1.02. The summed E-state index contributed by atoms with van der Waals surface area (Å²) < 4.78 is 1.92. The summed E-state index contributed by atoms with van der Waals surface area (Å²) in [6, 6.07) is 10.1. The van der Waals surface area contributed by atoms with Gasteiger partial charge in [-0.1, -0.05) is 30.3 Å². The highest BCUT2D eigenvalue weighted by Gasteiger charge is 2.33. The zero-order valence-electron chi connectivity index (χ0n) is 14.0. The fraction of sp³-hybridized carbons (Fsp3) is 0.389. The third-order valence-corrected chi connectivity index (χ3v) is 4.45. The van der Waals surface area contributed by atoms with Crippen LogP contribution in [0.25, 0.3) is 17.2 Å². The van der Waals surface area contributed by atoms with Gasteiger partial charge in [-0.3, -0.25) is 0 Å². The van der Waals surface area contributed by atoms with Crippen LogP contribution in [0.2, 0.25) is 0 Å². The molecule has 0 saturated carbocycles. The summed E-state index contributed by atoms with van der Waals surface area (Å²) in [5.41, 5.74) is 3.41. The molecule has 3 heterocycles. The summed E-state index contributed by atoms with van der Waals surface area (Å²) in [5, 5.41) is 4.76. The second-order valence-corrected chi connectivity index (χ2v) is 7.09. The van der Waals surface area contributed by atoms with Crippen molar-refractivity contribution in [3.8, 4) is 11.4 Å². The van der Waals surface area contributed by atoms with Crippen LogP contribution in [0.5, 0.6) is 0 Å². The van der Waals surface area contributed by atoms with Crippen molar-refractivity contribution in [2.24, 2.45) is 0 Å². The lowest BCUT2D eigenvalue weighted by Crippen LogP contribution is -2.41. The summed E-state index contributed by atoms with van der Waals surface area (Å²) in [5.74, 6) is 2.55. The molecule has 4 rings (SSSR count). The second-order valence-electron chi connectivity index (χ2n) is 7.09. The Labute approximate surface area is 136 Å². The van der Waals surface area contributed by atoms with Crippen molar-refractivity contribution < 1.29 is 0 Å². The first kappa shape index (κ1) is 14.2. The molecule has 0 bridgehead atoms. The molecule has 5 nitrogen and oxygen atoms in total. The molecule has 0 radical (unpaired) electrons. The minimum atomic E-state index is 0.0465. The van der Waals surface area contributed by atoms with Gasteiger partial charge in [-0.05, 0) is 34.1 Å². The topological polar surface area (TPSA) is 46.3 Å². The van der Waals surface area contributed by atoms with Gasteiger partial charge < -0.3 is 4.90 Å². The SMILES string of the molecule is Cc1nc2nc(-c3ccccc3)nn2c2c1CCN2C(C)(C)C. The van der Waals surface area contributed by atoms with E-state index in [0.29, 0.717) is 5.78 Å². The molecule has 1 aliphatic heterocycles. The average Bonchev–Trinajstić information content (AvgIpc) is 3.11. The number of aromatic nitrogens is 4. The first-order valence-corrected chi connectivity index (χ1v) is 8.04. The number of anilines is 1. The summed E-state index contributed by atoms with van der Waals surface area (Å²) in [6.45, 7) is 9.78. The van der Waals surface area contributed by atoms with Gasteiger partial charge >= 0.3 is 0 Å². The molecule has 3 aromatic rings. The normalized spacial score (nSPS) is 14.5. The van der Waals surface area contributed by atoms with Crippen molar-refractivity contribution in [1.29, 1.82) is 0 Å². The van der Waals surface area contributed by atoms with Crippen LogP contribution in [0.4, 0.5) is 5.82 Å². The van der Waals surface area contributed by atoms with Crippen LogP contribution in [-0.2, 0) is 6.42 Å². The van der Waals surface area contributed by atoms with Crippen molar-refractivity contribution in [3.05, 3.63) is 41.6 Å². The number of aryl methyl sites for hydroxylation is 1. The quantitative estimate of drug-likeness (QED) is 0.692. The van der Waals surface area contributed by atoms with E-state index in [9.17, 15) is 0 Å². The molecule has 0 unspecified atom stereocenters. The summed E-state index contributed by atoms with van der Waals surface area (Å²) in [4.78, 5) is 11.7. The van der Waals surface area contributed by atoms with E-state index >= 15 is 0 Å². The standard InChI is InChI=1S/C18H21N5/c1-12-14-10-11-22(18(2,3)4)16(14)23-17(19-12)20-15(21-23)13-8-6-5-7-9-13/h5-9H,10-11H2,1-4H3. The van der Waals surface area contributed by atoms with E-state index in [4.69, 9.17) is 5.10 Å². The van der Waals surface area contributed by atoms with Crippen LogP contribution in [0, 0.1) is 6.92 Å². The van der Waals surface area contributed by atoms with E-state index in [-0.39, 0.29) is 5.54 Å². The van der Waals surface area contributed by atoms with Gasteiger partial charge in [0.1, 0.15) is 5.82 Å². The largest absolute Gasteiger partial charge is 0.351 e. The molecule has 0 fully saturated rings. The van der Waals surface area contributed by atoms with Gasteiger partial charge in [0, 0.05) is 28.9 Å². The molecule has 1 aromatic carbocycles. The fourth-order valence-corrected chi connectivity index (χ4v) is 3.29. The van der Waals surface area contributed by atoms with Gasteiger partial charge in [0.05, 0.1) is 0 Å². The lowest BCUT2D eigenvalue weighted by atomic mass is 10.1. The Hall–Kier alpha value is -2.43. The van der Waals surface area contributed by atoms with Crippen LogP contribution >= 0.6 is 0 Å². The molecule has 0 saturated heterocycles. The summed E-state index contributed by atoms with van der Waals surface area (Å²) >= 11 is 0. The summed E-state index contributed by atoms with van der Waals surface area (Å²) in [7, 11) is 0. The Morgan fingerprint density at radius 1 is 1.04 bits per heavy atom. The van der Waals surface area contributed by atoms with Crippen molar-refractivity contribution in [1.82, 2.24) is 19.6 Å². The predicted octanol–water partition coefficient (Wildman–Crippen LogP) is 3.26. The highest BCUT2D eigenvalue weighted by Crippen LogP contribution is 2.35. The predicted molar refractivity (Wildman–Crippen MR) is 91.8 cm³/mol. The zero-order chi connectivity index (χ0) is 16.2. The molecule has 1 aliphatic rings. The lowest BCUT2D eigenvalue weighted by Gasteiger charge is -2.34. The average molecular weight is 307 g/mol. The highest BCUT2D eigenvalue weighted by molar-refractivity contribution is 5.63. The lowest BCUT2D eigenvalue weighted by molar-refractivity contribution is 0.510. The number of fused-ring (bicyclic) bond motifs is 3. The van der Waals surface area contributed by atoms with Crippen molar-refractivity contribution >= 4 is 11.6 Å². The first-order chi connectivity index (χ1) is 10.9. The van der Waals surface area contributed by atoms with E-state index in [0.717, 1.165) is 35.9 Å². The minimum absolute atomic E-state index is 0.0465. The Morgan fingerprint density at radius 2 is 1.78 bits per heavy atom. The van der Waals surface area contributed by atoms with Crippen molar-refractivity contribution in [2.75, 3.05) is 11.4 Å². The molecule has 0 atom stereocenters. The van der Waals surface area contributed by atoms with Gasteiger partial charge in [-0.2, -0.15) is 9.50 Å². The molecule has 0 aliphatic carbocycles. The molecule has 0 spiro atoms. The van der Waals surface area contributed by atoms with Crippen LogP contribution in [0.3, 0.4) is 0 Å². The van der Waals surface area contributed by atoms with E-state index < -0.39 is 0 Å². The maximum atomic E-state index is 4.76. The number of rotatable bonds is 1. The maximum Gasteiger partial charge on any atom is 0.254 e. The van der Waals surface area contributed by atoms with Crippen LogP contribution < -0.4 is 4.90 Å². The van der Waals surface area contributed by atoms with E-state index in [1.807, 2.05) is 34.8 Å². The van der Waals surface area contributed by atoms with E-state index in [2.05, 4.69) is 42.6 Å². The molecule has 2 aromatic heterocycles. The van der Waals surface area contributed by atoms with Gasteiger partial charge in [0.2, 0.25) is 0 Å². The third kappa shape index (κ3) is 2.19. The van der Waals surface area contributed by atoms with Gasteiger partial charge in [-0.15, -0.1) is 5.10 Å². The molecule has 118 valence electrons. The maximum absolute atomic E-state index is 4.76. The Balaban J connectivity index is 1.96. The monoisotopic (exact) mass is 307 g/mol. The van der Waals surface area contributed by atoms with Crippen LogP contribution in [0.1, 0.15) is 32.0 Å². The van der Waals surface area contributed by atoms with Crippen LogP contribution in [0.15, 0.2) is 30.3 Å². The Kier molecular flexibility index (Phi) is 2.95. The minimum Gasteiger partial charge on any atom is -0.351 e. The number of hydrogen-bond acceptors (Lipinski definition) is 4. The second kappa shape index (κ2) is 4.78. The highest BCUT2D eigenvalue weighted by atomic mass is 15.4. The van der Waals surface area contributed by atoms with E-state index in [1.54, 1.807) is 0 Å². The zero-order valence-corrected chi connectivity index (χ0v) is 14.0. The Bertz CT molecular complexity index is 874. The number of hydrogen-bond donors (Lipinski definition) is 0. The Morgan fingerprint density at radius 3 is 2.48 bits per heavy atom.